The van der Waals surface area contributed by atoms with Crippen LogP contribution in [0.3, 0.4) is 0 Å². The molecular weight excluding hydrogens is 240 g/mol. The molecule has 1 aliphatic heterocycles. The molecule has 1 aliphatic rings. The Hall–Kier alpha value is -1.56. The summed E-state index contributed by atoms with van der Waals surface area (Å²) in [5, 5.41) is 0. The van der Waals surface area contributed by atoms with E-state index in [0.29, 0.717) is 0 Å². The SMILES string of the molecule is C=C(COCC1COC(=O)O1)C(=O)OC(C)(C)C. The van der Waals surface area contributed by atoms with Crippen LogP contribution in [0.2, 0.25) is 0 Å². The van der Waals surface area contributed by atoms with Crippen molar-refractivity contribution < 1.29 is 28.5 Å². The average Bonchev–Trinajstić information content (AvgIpc) is 2.61. The van der Waals surface area contributed by atoms with Crippen LogP contribution in [0, 0.1) is 0 Å². The fourth-order valence-electron chi connectivity index (χ4n) is 1.17. The molecule has 0 aliphatic carbocycles. The van der Waals surface area contributed by atoms with Gasteiger partial charge in [-0.05, 0) is 20.8 Å². The highest BCUT2D eigenvalue weighted by Crippen LogP contribution is 2.11. The maximum Gasteiger partial charge on any atom is 0.508 e. The fourth-order valence-corrected chi connectivity index (χ4v) is 1.17. The third-order valence-electron chi connectivity index (χ3n) is 1.92. The molecule has 0 N–H and O–H groups in total. The van der Waals surface area contributed by atoms with Gasteiger partial charge in [-0.1, -0.05) is 6.58 Å². The van der Waals surface area contributed by atoms with Gasteiger partial charge in [0.1, 0.15) is 12.2 Å². The Balaban J connectivity index is 2.21. The molecule has 6 heteroatoms. The maximum absolute atomic E-state index is 11.5. The Kier molecular flexibility index (Phi) is 4.72. The number of ether oxygens (including phenoxy) is 4. The third-order valence-corrected chi connectivity index (χ3v) is 1.92. The number of carbonyl (C=O) groups is 2. The van der Waals surface area contributed by atoms with E-state index in [1.54, 1.807) is 20.8 Å². The molecule has 1 atom stereocenters. The molecule has 0 spiro atoms. The number of carbonyl (C=O) groups excluding carboxylic acids is 2. The summed E-state index contributed by atoms with van der Waals surface area (Å²) >= 11 is 0. The number of esters is 1. The lowest BCUT2D eigenvalue weighted by molar-refractivity contribution is -0.150. The van der Waals surface area contributed by atoms with Gasteiger partial charge in [0.15, 0.2) is 6.10 Å². The maximum atomic E-state index is 11.5. The molecule has 1 saturated heterocycles. The van der Waals surface area contributed by atoms with Crippen molar-refractivity contribution in [1.82, 2.24) is 0 Å². The number of hydrogen-bond acceptors (Lipinski definition) is 6. The summed E-state index contributed by atoms with van der Waals surface area (Å²) in [6.07, 6.45) is -1.13. The highest BCUT2D eigenvalue weighted by atomic mass is 16.8. The first-order chi connectivity index (χ1) is 8.28. The Bertz CT molecular complexity index is 341. The minimum atomic E-state index is -0.699. The lowest BCUT2D eigenvalue weighted by atomic mass is 10.2. The van der Waals surface area contributed by atoms with Gasteiger partial charge in [0.25, 0.3) is 0 Å². The molecule has 0 saturated carbocycles. The highest BCUT2D eigenvalue weighted by molar-refractivity contribution is 5.88. The zero-order valence-corrected chi connectivity index (χ0v) is 10.9. The van der Waals surface area contributed by atoms with E-state index in [2.05, 4.69) is 11.3 Å². The van der Waals surface area contributed by atoms with Crippen molar-refractivity contribution in [3.63, 3.8) is 0 Å². The molecule has 1 heterocycles. The highest BCUT2D eigenvalue weighted by Gasteiger charge is 2.25. The second kappa shape index (κ2) is 5.86. The molecule has 0 aromatic heterocycles. The van der Waals surface area contributed by atoms with Crippen LogP contribution in [-0.4, -0.2) is 43.7 Å². The van der Waals surface area contributed by atoms with Crippen LogP contribution in [0.15, 0.2) is 12.2 Å². The van der Waals surface area contributed by atoms with Gasteiger partial charge in [0.2, 0.25) is 0 Å². The molecule has 0 amide bonds. The van der Waals surface area contributed by atoms with Crippen molar-refractivity contribution in [2.75, 3.05) is 19.8 Å². The Morgan fingerprint density at radius 3 is 2.67 bits per heavy atom. The van der Waals surface area contributed by atoms with Gasteiger partial charge < -0.3 is 18.9 Å². The van der Waals surface area contributed by atoms with Crippen LogP contribution in [0.4, 0.5) is 4.79 Å². The summed E-state index contributed by atoms with van der Waals surface area (Å²) < 4.78 is 19.6. The number of hydrogen-bond donors (Lipinski definition) is 0. The second-order valence-electron chi connectivity index (χ2n) is 4.92. The first kappa shape index (κ1) is 14.5. The molecule has 18 heavy (non-hydrogen) atoms. The van der Waals surface area contributed by atoms with Gasteiger partial charge in [-0.3, -0.25) is 0 Å². The van der Waals surface area contributed by atoms with Crippen LogP contribution in [0.1, 0.15) is 20.8 Å². The standard InChI is InChI=1S/C12H18O6/c1-8(10(13)18-12(2,3)4)5-15-6-9-7-16-11(14)17-9/h9H,1,5-7H2,2-4H3. The molecule has 102 valence electrons. The summed E-state index contributed by atoms with van der Waals surface area (Å²) in [6, 6.07) is 0. The van der Waals surface area contributed by atoms with E-state index in [0.717, 1.165) is 0 Å². The van der Waals surface area contributed by atoms with Crippen LogP contribution in [0.5, 0.6) is 0 Å². The Labute approximate surface area is 106 Å². The normalized spacial score (nSPS) is 19.1. The van der Waals surface area contributed by atoms with Crippen LogP contribution < -0.4 is 0 Å². The lowest BCUT2D eigenvalue weighted by Crippen LogP contribution is -2.26. The third kappa shape index (κ3) is 5.18. The fraction of sp³-hybridized carbons (Fsp3) is 0.667. The molecular formula is C12H18O6. The molecule has 1 rings (SSSR count). The predicted molar refractivity (Wildman–Crippen MR) is 62.0 cm³/mol. The summed E-state index contributed by atoms with van der Waals surface area (Å²) in [4.78, 5) is 22.1. The molecule has 0 aromatic rings. The topological polar surface area (TPSA) is 71.1 Å². The van der Waals surface area contributed by atoms with E-state index in [1.807, 2.05) is 0 Å². The van der Waals surface area contributed by atoms with E-state index >= 15 is 0 Å². The molecule has 1 fully saturated rings. The van der Waals surface area contributed by atoms with E-state index in [-0.39, 0.29) is 25.4 Å². The van der Waals surface area contributed by atoms with Crippen molar-refractivity contribution in [3.8, 4) is 0 Å². The summed E-state index contributed by atoms with van der Waals surface area (Å²) in [7, 11) is 0. The van der Waals surface area contributed by atoms with Crippen LogP contribution in [-0.2, 0) is 23.7 Å². The second-order valence-corrected chi connectivity index (χ2v) is 4.92. The van der Waals surface area contributed by atoms with Crippen molar-refractivity contribution in [1.29, 1.82) is 0 Å². The van der Waals surface area contributed by atoms with Gasteiger partial charge in [-0.2, -0.15) is 0 Å². The van der Waals surface area contributed by atoms with E-state index in [9.17, 15) is 9.59 Å². The molecule has 0 bridgehead atoms. The minimum absolute atomic E-state index is 0.0307. The molecule has 6 nitrogen and oxygen atoms in total. The predicted octanol–water partition coefficient (Wildman–Crippen LogP) is 1.44. The Morgan fingerprint density at radius 2 is 2.17 bits per heavy atom. The van der Waals surface area contributed by atoms with Crippen molar-refractivity contribution in [2.24, 2.45) is 0 Å². The molecule has 0 aromatic carbocycles. The molecule has 0 radical (unpaired) electrons. The van der Waals surface area contributed by atoms with Gasteiger partial charge in [0, 0.05) is 0 Å². The van der Waals surface area contributed by atoms with Gasteiger partial charge >= 0.3 is 12.1 Å². The number of rotatable bonds is 5. The zero-order valence-electron chi connectivity index (χ0n) is 10.9. The van der Waals surface area contributed by atoms with Crippen molar-refractivity contribution in [2.45, 2.75) is 32.5 Å². The van der Waals surface area contributed by atoms with E-state index < -0.39 is 23.8 Å². The van der Waals surface area contributed by atoms with Crippen LogP contribution in [0.25, 0.3) is 0 Å². The van der Waals surface area contributed by atoms with E-state index in [1.165, 1.54) is 0 Å². The first-order valence-electron chi connectivity index (χ1n) is 5.60. The van der Waals surface area contributed by atoms with Crippen LogP contribution >= 0.6 is 0 Å². The zero-order chi connectivity index (χ0) is 13.8. The van der Waals surface area contributed by atoms with Gasteiger partial charge in [-0.25, -0.2) is 9.59 Å². The van der Waals surface area contributed by atoms with Crippen molar-refractivity contribution >= 4 is 12.1 Å². The number of cyclic esters (lactones) is 2. The van der Waals surface area contributed by atoms with Gasteiger partial charge in [-0.15, -0.1) is 0 Å². The van der Waals surface area contributed by atoms with Crippen molar-refractivity contribution in [3.05, 3.63) is 12.2 Å². The monoisotopic (exact) mass is 258 g/mol. The lowest BCUT2D eigenvalue weighted by Gasteiger charge is -2.20. The average molecular weight is 258 g/mol. The Morgan fingerprint density at radius 1 is 1.50 bits per heavy atom. The quantitative estimate of drug-likeness (QED) is 0.549. The summed E-state index contributed by atoms with van der Waals surface area (Å²) in [6.45, 7) is 9.25. The first-order valence-corrected chi connectivity index (χ1v) is 5.60. The van der Waals surface area contributed by atoms with Gasteiger partial charge in [0.05, 0.1) is 18.8 Å². The molecule has 1 unspecified atom stereocenters. The minimum Gasteiger partial charge on any atom is -0.457 e. The summed E-state index contributed by atoms with van der Waals surface area (Å²) in [5.41, 5.74) is -0.343. The summed E-state index contributed by atoms with van der Waals surface area (Å²) in [5.74, 6) is -0.498. The largest absolute Gasteiger partial charge is 0.508 e. The smallest absolute Gasteiger partial charge is 0.457 e. The van der Waals surface area contributed by atoms with E-state index in [4.69, 9.17) is 14.2 Å².